The summed E-state index contributed by atoms with van der Waals surface area (Å²) in [6.45, 7) is 11.4. The van der Waals surface area contributed by atoms with Crippen molar-refractivity contribution in [2.45, 2.75) is 59.6 Å². The molecule has 6 nitrogen and oxygen atoms in total. The molecule has 0 saturated heterocycles. The Hall–Kier alpha value is -3.19. The van der Waals surface area contributed by atoms with Crippen molar-refractivity contribution in [3.63, 3.8) is 0 Å². The molecule has 2 atom stereocenters. The molecule has 33 heavy (non-hydrogen) atoms. The lowest BCUT2D eigenvalue weighted by Crippen LogP contribution is -2.30. The third kappa shape index (κ3) is 6.42. The maximum Gasteiger partial charge on any atom is 0.266 e. The molecule has 2 aromatic carbocycles. The summed E-state index contributed by atoms with van der Waals surface area (Å²) in [5, 5.41) is 8.17. The lowest BCUT2D eigenvalue weighted by molar-refractivity contribution is -0.122. The zero-order valence-electron chi connectivity index (χ0n) is 19.9. The van der Waals surface area contributed by atoms with Crippen molar-refractivity contribution in [2.75, 3.05) is 5.32 Å². The van der Waals surface area contributed by atoms with Gasteiger partial charge in [-0.3, -0.25) is 14.9 Å². The largest absolute Gasteiger partial charge is 0.481 e. The van der Waals surface area contributed by atoms with E-state index in [0.29, 0.717) is 11.0 Å². The number of rotatable bonds is 8. The highest BCUT2D eigenvalue weighted by Gasteiger charge is 2.19. The van der Waals surface area contributed by atoms with Crippen LogP contribution >= 0.6 is 11.3 Å². The Kier molecular flexibility index (Phi) is 7.87. The number of aromatic nitrogens is 1. The Labute approximate surface area is 199 Å². The van der Waals surface area contributed by atoms with Crippen molar-refractivity contribution in [1.82, 2.24) is 10.3 Å². The SMILES string of the molecule is CC(=O)N[C@@H](C)c1ccc(-c2csc(NC(=O)[C@@H](C)Oc3cc(C)ccc3C(C)C)n2)cc1. The van der Waals surface area contributed by atoms with Crippen LogP contribution in [0.4, 0.5) is 5.13 Å². The predicted molar refractivity (Wildman–Crippen MR) is 134 cm³/mol. The number of benzene rings is 2. The molecule has 3 rings (SSSR count). The van der Waals surface area contributed by atoms with Gasteiger partial charge in [0, 0.05) is 17.9 Å². The van der Waals surface area contributed by atoms with E-state index in [2.05, 4.69) is 41.6 Å². The molecule has 2 N–H and O–H groups in total. The first-order chi connectivity index (χ1) is 15.6. The zero-order chi connectivity index (χ0) is 24.1. The van der Waals surface area contributed by atoms with Crippen LogP contribution in [0.25, 0.3) is 11.3 Å². The predicted octanol–water partition coefficient (Wildman–Crippen LogP) is 5.85. The highest BCUT2D eigenvalue weighted by Crippen LogP contribution is 2.29. The van der Waals surface area contributed by atoms with Crippen molar-refractivity contribution in [3.8, 4) is 17.0 Å². The van der Waals surface area contributed by atoms with Crippen molar-refractivity contribution < 1.29 is 14.3 Å². The van der Waals surface area contributed by atoms with Crippen LogP contribution in [-0.4, -0.2) is 22.9 Å². The quantitative estimate of drug-likeness (QED) is 0.438. The molecule has 3 aromatic rings. The summed E-state index contributed by atoms with van der Waals surface area (Å²) >= 11 is 1.37. The van der Waals surface area contributed by atoms with Gasteiger partial charge >= 0.3 is 0 Å². The van der Waals surface area contributed by atoms with E-state index in [-0.39, 0.29) is 17.9 Å². The fourth-order valence-electron chi connectivity index (χ4n) is 3.47. The average molecular weight is 466 g/mol. The number of aryl methyl sites for hydroxylation is 1. The van der Waals surface area contributed by atoms with E-state index in [4.69, 9.17) is 4.74 Å². The van der Waals surface area contributed by atoms with Crippen LogP contribution in [0.1, 0.15) is 63.3 Å². The van der Waals surface area contributed by atoms with E-state index in [1.54, 1.807) is 6.92 Å². The summed E-state index contributed by atoms with van der Waals surface area (Å²) in [7, 11) is 0. The second kappa shape index (κ2) is 10.6. The van der Waals surface area contributed by atoms with Crippen LogP contribution in [0, 0.1) is 6.92 Å². The Morgan fingerprint density at radius 1 is 1.03 bits per heavy atom. The first-order valence-corrected chi connectivity index (χ1v) is 11.9. The number of anilines is 1. The zero-order valence-corrected chi connectivity index (χ0v) is 20.7. The van der Waals surface area contributed by atoms with Gasteiger partial charge in [-0.15, -0.1) is 11.3 Å². The lowest BCUT2D eigenvalue weighted by Gasteiger charge is -2.19. The third-order valence-electron chi connectivity index (χ3n) is 5.32. The van der Waals surface area contributed by atoms with E-state index < -0.39 is 6.10 Å². The van der Waals surface area contributed by atoms with Crippen molar-refractivity contribution in [2.24, 2.45) is 0 Å². The summed E-state index contributed by atoms with van der Waals surface area (Å²) in [6.07, 6.45) is -0.661. The maximum absolute atomic E-state index is 12.7. The molecular weight excluding hydrogens is 434 g/mol. The number of amides is 2. The van der Waals surface area contributed by atoms with Gasteiger partial charge in [-0.25, -0.2) is 4.98 Å². The van der Waals surface area contributed by atoms with E-state index >= 15 is 0 Å². The fraction of sp³-hybridized carbons (Fsp3) is 0.346. The highest BCUT2D eigenvalue weighted by atomic mass is 32.1. The van der Waals surface area contributed by atoms with Gasteiger partial charge in [0.1, 0.15) is 5.75 Å². The van der Waals surface area contributed by atoms with E-state index in [0.717, 1.165) is 33.7 Å². The monoisotopic (exact) mass is 465 g/mol. The first-order valence-electron chi connectivity index (χ1n) is 11.0. The van der Waals surface area contributed by atoms with Crippen LogP contribution in [0.3, 0.4) is 0 Å². The number of carbonyl (C=O) groups is 2. The molecule has 0 spiro atoms. The van der Waals surface area contributed by atoms with Gasteiger partial charge in [0.2, 0.25) is 5.91 Å². The van der Waals surface area contributed by atoms with Crippen molar-refractivity contribution in [1.29, 1.82) is 0 Å². The van der Waals surface area contributed by atoms with Crippen LogP contribution in [0.15, 0.2) is 47.8 Å². The van der Waals surface area contributed by atoms with Crippen LogP contribution < -0.4 is 15.4 Å². The van der Waals surface area contributed by atoms with E-state index in [9.17, 15) is 9.59 Å². The second-order valence-electron chi connectivity index (χ2n) is 8.53. The average Bonchev–Trinajstić information content (AvgIpc) is 3.21. The van der Waals surface area contributed by atoms with Gasteiger partial charge in [0.15, 0.2) is 11.2 Å². The third-order valence-corrected chi connectivity index (χ3v) is 6.08. The van der Waals surface area contributed by atoms with Gasteiger partial charge in [-0.05, 0) is 49.4 Å². The summed E-state index contributed by atoms with van der Waals surface area (Å²) < 4.78 is 6.01. The Balaban J connectivity index is 1.65. The molecule has 7 heteroatoms. The Bertz CT molecular complexity index is 1120. The maximum atomic E-state index is 12.7. The van der Waals surface area contributed by atoms with Gasteiger partial charge in [-0.1, -0.05) is 50.2 Å². The van der Waals surface area contributed by atoms with Crippen molar-refractivity contribution >= 4 is 28.3 Å². The molecule has 0 aliphatic heterocycles. The number of carbonyl (C=O) groups excluding carboxylic acids is 2. The molecule has 2 amide bonds. The van der Waals surface area contributed by atoms with E-state index in [1.807, 2.05) is 49.6 Å². The summed E-state index contributed by atoms with van der Waals surface area (Å²) in [4.78, 5) is 28.5. The Morgan fingerprint density at radius 3 is 2.36 bits per heavy atom. The molecular formula is C26H31N3O3S. The molecule has 1 aromatic heterocycles. The molecule has 0 radical (unpaired) electrons. The minimum Gasteiger partial charge on any atom is -0.481 e. The molecule has 0 bridgehead atoms. The molecule has 0 aliphatic rings. The van der Waals surface area contributed by atoms with Crippen LogP contribution in [0.2, 0.25) is 0 Å². The number of ether oxygens (including phenoxy) is 1. The number of hydrogen-bond donors (Lipinski definition) is 2. The fourth-order valence-corrected chi connectivity index (χ4v) is 4.19. The van der Waals surface area contributed by atoms with Gasteiger partial charge < -0.3 is 10.1 Å². The standard InChI is InChI=1S/C26H31N3O3S/c1-15(2)22-12-7-16(3)13-24(22)32-18(5)25(31)29-26-28-23(14-33-26)21-10-8-20(9-11-21)17(4)27-19(6)30/h7-15,17-18H,1-6H3,(H,27,30)(H,28,29,31)/t17-,18+/m0/s1. The summed E-state index contributed by atoms with van der Waals surface area (Å²) in [6, 6.07) is 13.9. The van der Waals surface area contributed by atoms with Gasteiger partial charge in [0.25, 0.3) is 5.91 Å². The lowest BCUT2D eigenvalue weighted by atomic mass is 10.0. The van der Waals surface area contributed by atoms with Gasteiger partial charge in [0.05, 0.1) is 11.7 Å². The number of nitrogens with one attached hydrogen (secondary N) is 2. The minimum atomic E-state index is -0.661. The number of hydrogen-bond acceptors (Lipinski definition) is 5. The first kappa shape index (κ1) is 24.5. The number of nitrogens with zero attached hydrogens (tertiary/aromatic N) is 1. The Morgan fingerprint density at radius 2 is 1.73 bits per heavy atom. The second-order valence-corrected chi connectivity index (χ2v) is 9.39. The van der Waals surface area contributed by atoms with Gasteiger partial charge in [-0.2, -0.15) is 0 Å². The molecule has 0 unspecified atom stereocenters. The minimum absolute atomic E-state index is 0.0621. The summed E-state index contributed by atoms with van der Waals surface area (Å²) in [5.74, 6) is 0.727. The molecule has 0 fully saturated rings. The van der Waals surface area contributed by atoms with E-state index in [1.165, 1.54) is 18.3 Å². The smallest absolute Gasteiger partial charge is 0.266 e. The van der Waals surface area contributed by atoms with Crippen molar-refractivity contribution in [3.05, 3.63) is 64.5 Å². The molecule has 1 heterocycles. The molecule has 0 saturated carbocycles. The highest BCUT2D eigenvalue weighted by molar-refractivity contribution is 7.14. The molecule has 174 valence electrons. The topological polar surface area (TPSA) is 80.3 Å². The summed E-state index contributed by atoms with van der Waals surface area (Å²) in [5.41, 5.74) is 4.90. The van der Waals surface area contributed by atoms with Crippen LogP contribution in [0.5, 0.6) is 5.75 Å². The number of thiazole rings is 1. The molecule has 0 aliphatic carbocycles. The van der Waals surface area contributed by atoms with Crippen LogP contribution in [-0.2, 0) is 9.59 Å². The normalized spacial score (nSPS) is 12.8.